The number of hydrogen-bond acceptors (Lipinski definition) is 7. The first kappa shape index (κ1) is 40.3. The van der Waals surface area contributed by atoms with Crippen molar-refractivity contribution >= 4 is 43.9 Å². The molecule has 0 radical (unpaired) electrons. The minimum absolute atomic E-state index is 0.00684. The van der Waals surface area contributed by atoms with E-state index in [1.807, 2.05) is 0 Å². The Morgan fingerprint density at radius 1 is 1.05 bits per heavy atom. The van der Waals surface area contributed by atoms with Crippen molar-refractivity contribution in [3.8, 4) is 23.0 Å². The van der Waals surface area contributed by atoms with E-state index in [9.17, 15) is 35.2 Å². The van der Waals surface area contributed by atoms with Crippen molar-refractivity contribution in [3.63, 3.8) is 0 Å². The van der Waals surface area contributed by atoms with Gasteiger partial charge in [-0.1, -0.05) is 23.6 Å². The third-order valence-electron chi connectivity index (χ3n) is 10.5. The number of rotatable bonds is 10. The molecule has 300 valence electrons. The topological polar surface area (TPSA) is 126 Å². The Morgan fingerprint density at radius 2 is 1.72 bits per heavy atom. The predicted octanol–water partition coefficient (Wildman–Crippen LogP) is 8.05. The second-order valence-corrected chi connectivity index (χ2v) is 18.1. The van der Waals surface area contributed by atoms with Crippen molar-refractivity contribution in [1.82, 2.24) is 24.5 Å². The number of hydrogen-bond donors (Lipinski definition) is 1. The molecule has 3 heterocycles. The predicted molar refractivity (Wildman–Crippen MR) is 198 cm³/mol. The molecular weight excluding hydrogens is 801 g/mol. The van der Waals surface area contributed by atoms with Gasteiger partial charge in [-0.25, -0.2) is 22.2 Å². The summed E-state index contributed by atoms with van der Waals surface area (Å²) in [6.07, 6.45) is -4.19. The van der Waals surface area contributed by atoms with Crippen molar-refractivity contribution in [2.24, 2.45) is 5.92 Å². The zero-order chi connectivity index (χ0) is 41.6. The molecule has 2 aliphatic rings. The second-order valence-electron chi connectivity index (χ2n) is 15.1. The Kier molecular flexibility index (Phi) is 9.79. The normalized spacial score (nSPS) is 17.9. The van der Waals surface area contributed by atoms with Gasteiger partial charge in [0.25, 0.3) is 5.92 Å². The molecule has 3 aromatic heterocycles. The van der Waals surface area contributed by atoms with Gasteiger partial charge in [0, 0.05) is 47.3 Å². The summed E-state index contributed by atoms with van der Waals surface area (Å²) in [5, 5.41) is 8.15. The summed E-state index contributed by atoms with van der Waals surface area (Å²) in [6, 6.07) is 8.35. The molecule has 2 aliphatic carbocycles. The molecular formula is C39H34ClF7N6O3S. The lowest BCUT2D eigenvalue weighted by Crippen LogP contribution is -2.28. The average molecular weight is 835 g/mol. The van der Waals surface area contributed by atoms with E-state index in [4.69, 9.17) is 22.3 Å². The molecule has 18 heteroatoms. The number of sulfone groups is 1. The van der Waals surface area contributed by atoms with Crippen LogP contribution < -0.4 is 5.73 Å². The van der Waals surface area contributed by atoms with Crippen molar-refractivity contribution in [2.45, 2.75) is 81.8 Å². The number of nitrogens with zero attached hydrogens (tertiary/aromatic N) is 5. The number of Topliss-reactive ketones (excluding diaryl/α,β-unsaturated/α-hetero) is 1. The second kappa shape index (κ2) is 13.9. The molecule has 57 heavy (non-hydrogen) atoms. The number of ketones is 1. The number of fused-ring (bicyclic) bond motifs is 4. The third-order valence-corrected chi connectivity index (χ3v) is 12.8. The zero-order valence-corrected chi connectivity index (χ0v) is 32.4. The van der Waals surface area contributed by atoms with Crippen molar-refractivity contribution in [3.05, 3.63) is 93.0 Å². The van der Waals surface area contributed by atoms with E-state index in [1.165, 1.54) is 38.1 Å². The molecule has 5 aromatic rings. The van der Waals surface area contributed by atoms with E-state index < -0.39 is 75.4 Å². The summed E-state index contributed by atoms with van der Waals surface area (Å²) in [6.45, 7) is 2.20. The van der Waals surface area contributed by atoms with Crippen molar-refractivity contribution in [1.29, 1.82) is 0 Å². The molecule has 0 spiro atoms. The van der Waals surface area contributed by atoms with Gasteiger partial charge >= 0.3 is 6.18 Å². The van der Waals surface area contributed by atoms with Gasteiger partial charge in [-0.15, -0.1) is 0 Å². The summed E-state index contributed by atoms with van der Waals surface area (Å²) in [5.74, 6) is -2.94. The van der Waals surface area contributed by atoms with Crippen LogP contribution in [0.3, 0.4) is 0 Å². The fraction of sp³-hybridized carbons (Fsp3) is 0.385. The number of aryl methyl sites for hydroxylation is 1. The van der Waals surface area contributed by atoms with Crippen LogP contribution in [0.25, 0.3) is 22.0 Å². The summed E-state index contributed by atoms with van der Waals surface area (Å²) in [5.41, 5.74) is 6.68. The fourth-order valence-electron chi connectivity index (χ4n) is 7.58. The quantitative estimate of drug-likeness (QED) is 0.112. The van der Waals surface area contributed by atoms with Crippen LogP contribution in [0.1, 0.15) is 72.4 Å². The van der Waals surface area contributed by atoms with Gasteiger partial charge in [-0.2, -0.15) is 32.1 Å². The molecule has 0 unspecified atom stereocenters. The van der Waals surface area contributed by atoms with Crippen molar-refractivity contribution < 1.29 is 43.9 Å². The van der Waals surface area contributed by atoms with Gasteiger partial charge in [-0.3, -0.25) is 14.2 Å². The Balaban J connectivity index is 1.41. The minimum atomic E-state index is -4.75. The van der Waals surface area contributed by atoms with E-state index in [0.717, 1.165) is 23.1 Å². The highest BCUT2D eigenvalue weighted by Crippen LogP contribution is 2.67. The van der Waals surface area contributed by atoms with E-state index in [2.05, 4.69) is 22.0 Å². The van der Waals surface area contributed by atoms with Gasteiger partial charge in [-0.05, 0) is 81.3 Å². The van der Waals surface area contributed by atoms with E-state index >= 15 is 8.78 Å². The highest BCUT2D eigenvalue weighted by atomic mass is 35.5. The lowest BCUT2D eigenvalue weighted by molar-refractivity contribution is -0.141. The zero-order valence-electron chi connectivity index (χ0n) is 30.8. The number of nitrogen functional groups attached to an aromatic ring is 1. The van der Waals surface area contributed by atoms with Gasteiger partial charge < -0.3 is 5.73 Å². The Bertz CT molecular complexity index is 2640. The van der Waals surface area contributed by atoms with Crippen LogP contribution in [0.15, 0.2) is 42.5 Å². The summed E-state index contributed by atoms with van der Waals surface area (Å²) in [7, 11) is -3.71. The van der Waals surface area contributed by atoms with Crippen LogP contribution in [0.4, 0.5) is 36.6 Å². The number of anilines is 1. The van der Waals surface area contributed by atoms with Gasteiger partial charge in [0.15, 0.2) is 21.4 Å². The highest BCUT2D eigenvalue weighted by molar-refractivity contribution is 7.92. The SMILES string of the molecule is Cc1nn(CC(=O)C[C@@H](Cc2cc(F)cc(F)c2)c2nc(C#CC(C)(C)S(C)(=O)=O)ccc2-c2ccc(Cl)c3c(N)nn(CC(F)(F)F)c23)c2c1[C@H]1C[C@H]1C2(F)F. The average Bonchev–Trinajstić information content (AvgIpc) is 3.65. The minimum Gasteiger partial charge on any atom is -0.382 e. The Hall–Kier alpha value is -4.95. The molecule has 2 N–H and O–H groups in total. The van der Waals surface area contributed by atoms with Crippen LogP contribution in [-0.4, -0.2) is 55.9 Å². The number of pyridine rings is 1. The van der Waals surface area contributed by atoms with Crippen LogP contribution >= 0.6 is 11.6 Å². The lowest BCUT2D eigenvalue weighted by Gasteiger charge is -2.22. The summed E-state index contributed by atoms with van der Waals surface area (Å²) < 4.78 is 127. The monoisotopic (exact) mass is 834 g/mol. The van der Waals surface area contributed by atoms with Crippen LogP contribution in [-0.2, 0) is 40.1 Å². The number of halogens is 8. The lowest BCUT2D eigenvalue weighted by atomic mass is 9.86. The number of nitrogens with two attached hydrogens (primary N) is 1. The molecule has 0 aliphatic heterocycles. The molecule has 3 atom stereocenters. The van der Waals surface area contributed by atoms with E-state index in [0.29, 0.717) is 28.4 Å². The number of carbonyl (C=O) groups is 1. The smallest absolute Gasteiger partial charge is 0.382 e. The number of aromatic nitrogens is 5. The van der Waals surface area contributed by atoms with E-state index in [1.54, 1.807) is 6.92 Å². The fourth-order valence-corrected chi connectivity index (χ4v) is 8.07. The molecule has 0 saturated heterocycles. The van der Waals surface area contributed by atoms with Gasteiger partial charge in [0.05, 0.1) is 27.3 Å². The standard InChI is InChI=1S/C39H34ClF7N6O3S/c1-19-31-28-16-29(28)39(46,47)35(31)52(50-19)17-25(54)14-21(11-20-12-22(41)15-23(42)13-20)33-26(6-5-24(49-33)9-10-37(2,3)57(4,55)56)27-7-8-30(40)32-34(27)53(51-36(32)48)18-38(43,44)45/h5-8,12-13,15,21,28-29H,11,14,16-18H2,1-4H3,(H2,48,51)/t21-,28+,29-/m1/s1. The number of carbonyl (C=O) groups excluding carboxylic acids is 1. The molecule has 1 saturated carbocycles. The number of alkyl halides is 5. The maximum absolute atomic E-state index is 15.4. The van der Waals surface area contributed by atoms with Crippen LogP contribution in [0.2, 0.25) is 5.02 Å². The van der Waals surface area contributed by atoms with Gasteiger partial charge in [0.1, 0.15) is 40.9 Å². The first-order valence-corrected chi connectivity index (χ1v) is 19.9. The highest BCUT2D eigenvalue weighted by Gasteiger charge is 2.66. The molecule has 0 amide bonds. The molecule has 7 rings (SSSR count). The first-order chi connectivity index (χ1) is 26.4. The van der Waals surface area contributed by atoms with E-state index in [-0.39, 0.29) is 67.9 Å². The largest absolute Gasteiger partial charge is 0.408 e. The van der Waals surface area contributed by atoms with Crippen LogP contribution in [0, 0.1) is 36.3 Å². The third kappa shape index (κ3) is 7.61. The molecule has 9 nitrogen and oxygen atoms in total. The summed E-state index contributed by atoms with van der Waals surface area (Å²) >= 11 is 6.44. The first-order valence-electron chi connectivity index (χ1n) is 17.6. The van der Waals surface area contributed by atoms with Crippen molar-refractivity contribution in [2.75, 3.05) is 12.0 Å². The van der Waals surface area contributed by atoms with Gasteiger partial charge in [0.2, 0.25) is 0 Å². The molecule has 1 fully saturated rings. The summed E-state index contributed by atoms with van der Waals surface area (Å²) in [4.78, 5) is 18.8. The maximum Gasteiger partial charge on any atom is 0.408 e. The Labute approximate surface area is 327 Å². The molecule has 2 aromatic carbocycles. The maximum atomic E-state index is 15.4. The Morgan fingerprint density at radius 3 is 2.37 bits per heavy atom. The number of benzene rings is 2. The molecule has 0 bridgehead atoms. The van der Waals surface area contributed by atoms with Crippen LogP contribution in [0.5, 0.6) is 0 Å².